The van der Waals surface area contributed by atoms with Gasteiger partial charge in [0.15, 0.2) is 0 Å². The highest BCUT2D eigenvalue weighted by Gasteiger charge is 2.44. The predicted octanol–water partition coefficient (Wildman–Crippen LogP) is 4.29. The van der Waals surface area contributed by atoms with E-state index < -0.39 is 0 Å². The normalized spacial score (nSPS) is 35.6. The van der Waals surface area contributed by atoms with Crippen molar-refractivity contribution in [2.24, 2.45) is 28.9 Å². The van der Waals surface area contributed by atoms with Crippen molar-refractivity contribution < 1.29 is 0 Å². The minimum Gasteiger partial charge on any atom is -0.329 e. The summed E-state index contributed by atoms with van der Waals surface area (Å²) in [6.07, 6.45) is 8.23. The lowest BCUT2D eigenvalue weighted by Gasteiger charge is -2.47. The largest absolute Gasteiger partial charge is 0.329 e. The van der Waals surface area contributed by atoms with Crippen LogP contribution < -0.4 is 5.73 Å². The van der Waals surface area contributed by atoms with Crippen molar-refractivity contribution in [3.8, 4) is 0 Å². The third-order valence-corrected chi connectivity index (χ3v) is 6.19. The average molecular weight is 295 g/mol. The Bertz CT molecular complexity index is 331. The highest BCUT2D eigenvalue weighted by molar-refractivity contribution is 5.00. The summed E-state index contributed by atoms with van der Waals surface area (Å²) in [6, 6.07) is 0. The molecule has 2 aliphatic rings. The van der Waals surface area contributed by atoms with Gasteiger partial charge in [-0.05, 0) is 55.4 Å². The van der Waals surface area contributed by atoms with Crippen LogP contribution in [0.15, 0.2) is 0 Å². The summed E-state index contributed by atoms with van der Waals surface area (Å²) in [4.78, 5) is 2.79. The van der Waals surface area contributed by atoms with Crippen LogP contribution in [0.3, 0.4) is 0 Å². The molecule has 1 saturated heterocycles. The fraction of sp³-hybridized carbons (Fsp3) is 1.00. The summed E-state index contributed by atoms with van der Waals surface area (Å²) >= 11 is 0. The molecule has 1 saturated carbocycles. The van der Waals surface area contributed by atoms with E-state index in [1.165, 1.54) is 51.6 Å². The second-order valence-corrected chi connectivity index (χ2v) is 9.32. The van der Waals surface area contributed by atoms with Crippen molar-refractivity contribution >= 4 is 0 Å². The van der Waals surface area contributed by atoms with Gasteiger partial charge < -0.3 is 5.73 Å². The molecule has 0 bridgehead atoms. The van der Waals surface area contributed by atoms with Crippen LogP contribution in [0.2, 0.25) is 0 Å². The Labute approximate surface area is 132 Å². The molecule has 1 aliphatic carbocycles. The quantitative estimate of drug-likeness (QED) is 0.838. The SMILES string of the molecule is CC(C)CC1CCCC(CN)(N2CCC(C(C)(C)C)C2)C1. The topological polar surface area (TPSA) is 29.3 Å². The molecule has 0 spiro atoms. The molecule has 1 heterocycles. The summed E-state index contributed by atoms with van der Waals surface area (Å²) in [6.45, 7) is 15.3. The first kappa shape index (κ1) is 17.3. The molecule has 21 heavy (non-hydrogen) atoms. The number of hydrogen-bond acceptors (Lipinski definition) is 2. The Morgan fingerprint density at radius 3 is 2.48 bits per heavy atom. The van der Waals surface area contributed by atoms with Crippen LogP contribution in [-0.2, 0) is 0 Å². The van der Waals surface area contributed by atoms with Gasteiger partial charge in [-0.25, -0.2) is 0 Å². The third-order valence-electron chi connectivity index (χ3n) is 6.19. The molecular weight excluding hydrogens is 256 g/mol. The van der Waals surface area contributed by atoms with Gasteiger partial charge in [-0.1, -0.05) is 47.5 Å². The number of nitrogens with two attached hydrogens (primary N) is 1. The molecule has 2 nitrogen and oxygen atoms in total. The first-order valence-corrected chi connectivity index (χ1v) is 9.22. The first-order chi connectivity index (χ1) is 9.77. The van der Waals surface area contributed by atoms with Crippen molar-refractivity contribution in [1.29, 1.82) is 0 Å². The molecule has 0 amide bonds. The van der Waals surface area contributed by atoms with E-state index in [1.54, 1.807) is 0 Å². The molecule has 3 atom stereocenters. The van der Waals surface area contributed by atoms with E-state index in [-0.39, 0.29) is 0 Å². The molecule has 2 rings (SSSR count). The monoisotopic (exact) mass is 294 g/mol. The van der Waals surface area contributed by atoms with Gasteiger partial charge in [-0.3, -0.25) is 4.90 Å². The predicted molar refractivity (Wildman–Crippen MR) is 92.3 cm³/mol. The Hall–Kier alpha value is -0.0800. The zero-order chi connectivity index (χ0) is 15.7. The first-order valence-electron chi connectivity index (χ1n) is 9.22. The second kappa shape index (κ2) is 6.58. The highest BCUT2D eigenvalue weighted by Crippen LogP contribution is 2.43. The molecule has 1 aliphatic heterocycles. The summed E-state index contributed by atoms with van der Waals surface area (Å²) in [5.41, 5.74) is 7.08. The maximum Gasteiger partial charge on any atom is 0.0334 e. The van der Waals surface area contributed by atoms with Gasteiger partial charge in [0.1, 0.15) is 0 Å². The van der Waals surface area contributed by atoms with Crippen LogP contribution in [0.1, 0.15) is 73.1 Å². The van der Waals surface area contributed by atoms with Gasteiger partial charge in [0.05, 0.1) is 0 Å². The fourth-order valence-electron chi connectivity index (χ4n) is 4.83. The van der Waals surface area contributed by atoms with Crippen molar-refractivity contribution in [3.05, 3.63) is 0 Å². The number of rotatable bonds is 4. The number of likely N-dealkylation sites (tertiary alicyclic amines) is 1. The van der Waals surface area contributed by atoms with Crippen molar-refractivity contribution in [3.63, 3.8) is 0 Å². The van der Waals surface area contributed by atoms with E-state index in [0.29, 0.717) is 11.0 Å². The molecule has 124 valence electrons. The van der Waals surface area contributed by atoms with Gasteiger partial charge in [-0.2, -0.15) is 0 Å². The molecule has 0 aromatic heterocycles. The second-order valence-electron chi connectivity index (χ2n) is 9.32. The fourth-order valence-corrected chi connectivity index (χ4v) is 4.83. The number of nitrogens with zero attached hydrogens (tertiary/aromatic N) is 1. The average Bonchev–Trinajstić information content (AvgIpc) is 2.88. The van der Waals surface area contributed by atoms with Crippen molar-refractivity contribution in [2.75, 3.05) is 19.6 Å². The Morgan fingerprint density at radius 2 is 1.95 bits per heavy atom. The number of hydrogen-bond donors (Lipinski definition) is 1. The van der Waals surface area contributed by atoms with Crippen LogP contribution in [0, 0.1) is 23.2 Å². The molecule has 0 radical (unpaired) electrons. The third kappa shape index (κ3) is 4.01. The summed E-state index contributed by atoms with van der Waals surface area (Å²) in [7, 11) is 0. The Morgan fingerprint density at radius 1 is 1.24 bits per heavy atom. The van der Waals surface area contributed by atoms with E-state index in [0.717, 1.165) is 24.3 Å². The Balaban J connectivity index is 2.04. The summed E-state index contributed by atoms with van der Waals surface area (Å²) in [5, 5.41) is 0. The van der Waals surface area contributed by atoms with Crippen molar-refractivity contribution in [2.45, 2.75) is 78.7 Å². The van der Waals surface area contributed by atoms with Crippen LogP contribution in [-0.4, -0.2) is 30.1 Å². The molecule has 0 aromatic carbocycles. The lowest BCUT2D eigenvalue weighted by atomic mass is 9.72. The zero-order valence-corrected chi connectivity index (χ0v) is 15.1. The molecule has 2 N–H and O–H groups in total. The lowest BCUT2D eigenvalue weighted by molar-refractivity contribution is 0.0423. The standard InChI is InChI=1S/C19H38N2/c1-15(2)11-16-7-6-9-19(12-16,14-20)21-10-8-17(13-21)18(3,4)5/h15-17H,6-14,20H2,1-5H3. The minimum absolute atomic E-state index is 0.317. The summed E-state index contributed by atoms with van der Waals surface area (Å²) in [5.74, 6) is 2.56. The maximum atomic E-state index is 6.32. The van der Waals surface area contributed by atoms with E-state index >= 15 is 0 Å². The van der Waals surface area contributed by atoms with Gasteiger partial charge in [-0.15, -0.1) is 0 Å². The van der Waals surface area contributed by atoms with Gasteiger partial charge >= 0.3 is 0 Å². The highest BCUT2D eigenvalue weighted by atomic mass is 15.2. The van der Waals surface area contributed by atoms with Crippen LogP contribution in [0.25, 0.3) is 0 Å². The van der Waals surface area contributed by atoms with Crippen LogP contribution in [0.5, 0.6) is 0 Å². The summed E-state index contributed by atoms with van der Waals surface area (Å²) < 4.78 is 0. The van der Waals surface area contributed by atoms with E-state index in [1.807, 2.05) is 0 Å². The van der Waals surface area contributed by atoms with E-state index in [2.05, 4.69) is 39.5 Å². The lowest BCUT2D eigenvalue weighted by Crippen LogP contribution is -2.55. The van der Waals surface area contributed by atoms with Gasteiger partial charge in [0, 0.05) is 18.6 Å². The smallest absolute Gasteiger partial charge is 0.0334 e. The zero-order valence-electron chi connectivity index (χ0n) is 15.1. The molecule has 3 unspecified atom stereocenters. The van der Waals surface area contributed by atoms with E-state index in [9.17, 15) is 0 Å². The molecular formula is C19H38N2. The maximum absolute atomic E-state index is 6.32. The molecule has 2 fully saturated rings. The molecule has 2 heteroatoms. The van der Waals surface area contributed by atoms with Crippen LogP contribution >= 0.6 is 0 Å². The van der Waals surface area contributed by atoms with Gasteiger partial charge in [0.2, 0.25) is 0 Å². The van der Waals surface area contributed by atoms with Crippen LogP contribution in [0.4, 0.5) is 0 Å². The minimum atomic E-state index is 0.317. The Kier molecular flexibility index (Phi) is 5.41. The van der Waals surface area contributed by atoms with Gasteiger partial charge in [0.25, 0.3) is 0 Å². The van der Waals surface area contributed by atoms with E-state index in [4.69, 9.17) is 5.73 Å². The van der Waals surface area contributed by atoms with Crippen molar-refractivity contribution in [1.82, 2.24) is 4.90 Å². The molecule has 0 aromatic rings.